The van der Waals surface area contributed by atoms with Crippen molar-refractivity contribution in [2.45, 2.75) is 5.60 Å². The van der Waals surface area contributed by atoms with Crippen molar-refractivity contribution in [3.8, 4) is 11.1 Å². The lowest BCUT2D eigenvalue weighted by Gasteiger charge is -2.30. The largest absolute Gasteiger partial charge is 0.376 e. The standard InChI is InChI=1S/C27H20ClN3O2/c1-31-25-10-9-19(14-24(25)23(15-26(31)32)18-5-2-8-22(28)13-18)27(33,20-6-3-11-29-16-20)21-7-4-12-30-17-21/h2-17,33H,1H3. The Hall–Kier alpha value is -3.80. The quantitative estimate of drug-likeness (QED) is 0.419. The number of fused-ring (bicyclic) bond motifs is 1. The van der Waals surface area contributed by atoms with Gasteiger partial charge in [-0.3, -0.25) is 14.8 Å². The monoisotopic (exact) mass is 453 g/mol. The van der Waals surface area contributed by atoms with E-state index in [4.69, 9.17) is 11.6 Å². The molecule has 33 heavy (non-hydrogen) atoms. The maximum absolute atomic E-state index is 12.7. The van der Waals surface area contributed by atoms with E-state index in [1.54, 1.807) is 60.7 Å². The van der Waals surface area contributed by atoms with Gasteiger partial charge in [-0.1, -0.05) is 41.9 Å². The summed E-state index contributed by atoms with van der Waals surface area (Å²) in [6, 6.07) is 21.9. The van der Waals surface area contributed by atoms with Crippen molar-refractivity contribution in [2.75, 3.05) is 0 Å². The van der Waals surface area contributed by atoms with E-state index in [2.05, 4.69) is 9.97 Å². The van der Waals surface area contributed by atoms with Gasteiger partial charge < -0.3 is 9.67 Å². The molecule has 5 rings (SSSR count). The fourth-order valence-electron chi connectivity index (χ4n) is 4.23. The summed E-state index contributed by atoms with van der Waals surface area (Å²) in [6.45, 7) is 0. The molecule has 0 bridgehead atoms. The van der Waals surface area contributed by atoms with Gasteiger partial charge in [0, 0.05) is 59.4 Å². The minimum Gasteiger partial charge on any atom is -0.376 e. The average molecular weight is 454 g/mol. The molecule has 0 aliphatic carbocycles. The highest BCUT2D eigenvalue weighted by molar-refractivity contribution is 6.30. The van der Waals surface area contributed by atoms with Crippen LogP contribution in [0.5, 0.6) is 0 Å². The Bertz CT molecular complexity index is 1480. The third-order valence-corrected chi connectivity index (χ3v) is 6.19. The molecule has 0 saturated heterocycles. The molecule has 1 N–H and O–H groups in total. The van der Waals surface area contributed by atoms with Gasteiger partial charge in [0.05, 0.1) is 5.52 Å². The summed E-state index contributed by atoms with van der Waals surface area (Å²) in [5.41, 5.74) is 2.58. The third kappa shape index (κ3) is 3.61. The van der Waals surface area contributed by atoms with Gasteiger partial charge in [0.25, 0.3) is 5.56 Å². The predicted molar refractivity (Wildman–Crippen MR) is 130 cm³/mol. The van der Waals surface area contributed by atoms with Crippen molar-refractivity contribution >= 4 is 22.5 Å². The molecule has 0 amide bonds. The van der Waals surface area contributed by atoms with Crippen molar-refractivity contribution in [3.63, 3.8) is 0 Å². The van der Waals surface area contributed by atoms with Gasteiger partial charge in [-0.05, 0) is 53.1 Å². The summed E-state index contributed by atoms with van der Waals surface area (Å²) in [5, 5.41) is 13.5. The van der Waals surface area contributed by atoms with E-state index in [-0.39, 0.29) is 5.56 Å². The number of nitrogens with zero attached hydrogens (tertiary/aromatic N) is 3. The van der Waals surface area contributed by atoms with Crippen LogP contribution in [0.1, 0.15) is 16.7 Å². The molecule has 0 radical (unpaired) electrons. The lowest BCUT2D eigenvalue weighted by atomic mass is 9.81. The van der Waals surface area contributed by atoms with Crippen LogP contribution in [-0.2, 0) is 12.6 Å². The van der Waals surface area contributed by atoms with Crippen LogP contribution in [-0.4, -0.2) is 19.6 Å². The Morgan fingerprint density at radius 3 is 2.15 bits per heavy atom. The van der Waals surface area contributed by atoms with Gasteiger partial charge >= 0.3 is 0 Å². The normalized spacial score (nSPS) is 11.6. The molecule has 3 aromatic heterocycles. The van der Waals surface area contributed by atoms with Gasteiger partial charge in [-0.2, -0.15) is 0 Å². The zero-order chi connectivity index (χ0) is 23.0. The topological polar surface area (TPSA) is 68.0 Å². The van der Waals surface area contributed by atoms with Crippen molar-refractivity contribution in [2.24, 2.45) is 7.05 Å². The second-order valence-electron chi connectivity index (χ2n) is 7.89. The van der Waals surface area contributed by atoms with E-state index in [0.29, 0.717) is 21.7 Å². The first-order chi connectivity index (χ1) is 16.0. The molecule has 5 aromatic rings. The minimum atomic E-state index is -1.49. The molecule has 0 atom stereocenters. The maximum atomic E-state index is 12.7. The molecule has 162 valence electrons. The Morgan fingerprint density at radius 2 is 1.55 bits per heavy atom. The fraction of sp³-hybridized carbons (Fsp3) is 0.0741. The summed E-state index contributed by atoms with van der Waals surface area (Å²) >= 11 is 6.24. The SMILES string of the molecule is Cn1c(=O)cc(-c2cccc(Cl)c2)c2cc(C(O)(c3cccnc3)c3cccnc3)ccc21. The summed E-state index contributed by atoms with van der Waals surface area (Å²) in [5.74, 6) is 0. The number of halogens is 1. The smallest absolute Gasteiger partial charge is 0.251 e. The van der Waals surface area contributed by atoms with Gasteiger partial charge in [0.2, 0.25) is 0 Å². The molecule has 0 spiro atoms. The molecule has 3 heterocycles. The molecule has 6 heteroatoms. The van der Waals surface area contributed by atoms with Gasteiger partial charge in [0.15, 0.2) is 0 Å². The van der Waals surface area contributed by atoms with E-state index in [1.807, 2.05) is 48.5 Å². The number of rotatable bonds is 4. The van der Waals surface area contributed by atoms with Gasteiger partial charge in [0.1, 0.15) is 5.60 Å². The first-order valence-electron chi connectivity index (χ1n) is 10.4. The van der Waals surface area contributed by atoms with E-state index in [1.165, 1.54) is 0 Å². The highest BCUT2D eigenvalue weighted by atomic mass is 35.5. The molecule has 2 aromatic carbocycles. The number of hydrogen-bond donors (Lipinski definition) is 1. The van der Waals surface area contributed by atoms with Crippen molar-refractivity contribution in [1.29, 1.82) is 0 Å². The predicted octanol–water partition coefficient (Wildman–Crippen LogP) is 4.93. The Morgan fingerprint density at radius 1 is 0.848 bits per heavy atom. The number of aliphatic hydroxyl groups is 1. The zero-order valence-corrected chi connectivity index (χ0v) is 18.6. The van der Waals surface area contributed by atoms with Crippen molar-refractivity contribution < 1.29 is 5.11 Å². The number of aromatic nitrogens is 3. The molecule has 0 fully saturated rings. The number of hydrogen-bond acceptors (Lipinski definition) is 4. The van der Waals surface area contributed by atoms with Crippen LogP contribution < -0.4 is 5.56 Å². The molecule has 5 nitrogen and oxygen atoms in total. The minimum absolute atomic E-state index is 0.125. The summed E-state index contributed by atoms with van der Waals surface area (Å²) in [4.78, 5) is 21.1. The molecule has 0 aliphatic heterocycles. The van der Waals surface area contributed by atoms with E-state index in [9.17, 15) is 9.90 Å². The van der Waals surface area contributed by atoms with Crippen LogP contribution >= 0.6 is 11.6 Å². The molecule has 0 unspecified atom stereocenters. The highest BCUT2D eigenvalue weighted by Crippen LogP contribution is 2.38. The number of pyridine rings is 3. The number of benzene rings is 2. The van der Waals surface area contributed by atoms with Crippen LogP contribution in [0.3, 0.4) is 0 Å². The van der Waals surface area contributed by atoms with E-state index < -0.39 is 5.60 Å². The van der Waals surface area contributed by atoms with Crippen LogP contribution in [0.15, 0.2) is 102 Å². The average Bonchev–Trinajstić information content (AvgIpc) is 2.86. The summed E-state index contributed by atoms with van der Waals surface area (Å²) in [6.07, 6.45) is 6.63. The van der Waals surface area contributed by atoms with Crippen LogP contribution in [0, 0.1) is 0 Å². The van der Waals surface area contributed by atoms with Crippen LogP contribution in [0.25, 0.3) is 22.0 Å². The van der Waals surface area contributed by atoms with Crippen molar-refractivity contribution in [1.82, 2.24) is 14.5 Å². The lowest BCUT2D eigenvalue weighted by Crippen LogP contribution is -2.29. The van der Waals surface area contributed by atoms with Gasteiger partial charge in [-0.25, -0.2) is 0 Å². The molecular formula is C27H20ClN3O2. The summed E-state index contributed by atoms with van der Waals surface area (Å²) in [7, 11) is 1.74. The van der Waals surface area contributed by atoms with Crippen LogP contribution in [0.4, 0.5) is 0 Å². The Labute approximate surface area is 195 Å². The first-order valence-corrected chi connectivity index (χ1v) is 10.8. The lowest BCUT2D eigenvalue weighted by molar-refractivity contribution is 0.125. The molecule has 0 saturated carbocycles. The highest BCUT2D eigenvalue weighted by Gasteiger charge is 2.35. The molecule has 0 aliphatic rings. The Kier molecular flexibility index (Phi) is 5.29. The van der Waals surface area contributed by atoms with Crippen molar-refractivity contribution in [3.05, 3.63) is 130 Å². The first kappa shape index (κ1) is 21.1. The maximum Gasteiger partial charge on any atom is 0.251 e. The second-order valence-corrected chi connectivity index (χ2v) is 8.33. The van der Waals surface area contributed by atoms with E-state index in [0.717, 1.165) is 22.0 Å². The molecular weight excluding hydrogens is 434 g/mol. The van der Waals surface area contributed by atoms with Gasteiger partial charge in [-0.15, -0.1) is 0 Å². The second kappa shape index (κ2) is 8.28. The third-order valence-electron chi connectivity index (χ3n) is 5.96. The zero-order valence-electron chi connectivity index (χ0n) is 17.8. The van der Waals surface area contributed by atoms with E-state index >= 15 is 0 Å². The fourth-order valence-corrected chi connectivity index (χ4v) is 4.42. The Balaban J connectivity index is 1.84. The van der Waals surface area contributed by atoms with Crippen LogP contribution in [0.2, 0.25) is 5.02 Å². The number of aryl methyl sites for hydroxylation is 1. The summed E-state index contributed by atoms with van der Waals surface area (Å²) < 4.78 is 1.60.